The van der Waals surface area contributed by atoms with Gasteiger partial charge in [0.25, 0.3) is 0 Å². The minimum atomic E-state index is -0.219. The third kappa shape index (κ3) is 2.57. The maximum Gasteiger partial charge on any atom is 0.237 e. The summed E-state index contributed by atoms with van der Waals surface area (Å²) in [6.45, 7) is 4.07. The first-order chi connectivity index (χ1) is 9.62. The molecule has 2 aliphatic rings. The Morgan fingerprint density at radius 1 is 1.30 bits per heavy atom. The molecule has 3 rings (SSSR count). The van der Waals surface area contributed by atoms with E-state index in [-0.39, 0.29) is 17.5 Å². The summed E-state index contributed by atoms with van der Waals surface area (Å²) in [5, 5.41) is 3.99. The quantitative estimate of drug-likeness (QED) is 0.925. The molecule has 108 valence electrons. The largest absolute Gasteiger partial charge is 0.345 e. The molecule has 20 heavy (non-hydrogen) atoms. The van der Waals surface area contributed by atoms with Crippen molar-refractivity contribution in [2.75, 3.05) is 13.1 Å². The second-order valence-electron chi connectivity index (χ2n) is 5.97. The molecule has 1 atom stereocenters. The summed E-state index contributed by atoms with van der Waals surface area (Å²) in [5.41, 5.74) is 0.840. The summed E-state index contributed by atoms with van der Waals surface area (Å²) in [6, 6.07) is 7.79. The molecule has 4 heteroatoms. The molecule has 1 N–H and O–H groups in total. The summed E-state index contributed by atoms with van der Waals surface area (Å²) in [4.78, 5) is 14.7. The molecule has 3 nitrogen and oxygen atoms in total. The van der Waals surface area contributed by atoms with E-state index in [1.807, 2.05) is 31.2 Å². The number of amides is 1. The Morgan fingerprint density at radius 2 is 1.95 bits per heavy atom. The highest BCUT2D eigenvalue weighted by Gasteiger charge is 2.47. The van der Waals surface area contributed by atoms with Crippen LogP contribution >= 0.6 is 11.6 Å². The molecule has 0 aromatic heterocycles. The van der Waals surface area contributed by atoms with Crippen molar-refractivity contribution in [3.8, 4) is 0 Å². The predicted molar refractivity (Wildman–Crippen MR) is 80.8 cm³/mol. The van der Waals surface area contributed by atoms with Crippen LogP contribution in [-0.4, -0.2) is 29.9 Å². The first-order valence-corrected chi connectivity index (χ1v) is 7.81. The standard InChI is InChI=1S/C16H21ClN2O/c1-12(19-10-4-5-11-19)15(20)18-16(8-9-16)13-6-2-3-7-14(13)17/h2-3,6-7,12H,4-5,8-11H2,1H3,(H,18,20)/t12-/m0/s1. The molecule has 0 bridgehead atoms. The van der Waals surface area contributed by atoms with Crippen LogP contribution in [0.15, 0.2) is 24.3 Å². The van der Waals surface area contributed by atoms with Crippen molar-refractivity contribution in [2.45, 2.75) is 44.2 Å². The van der Waals surface area contributed by atoms with Gasteiger partial charge in [-0.05, 0) is 57.3 Å². The van der Waals surface area contributed by atoms with E-state index in [9.17, 15) is 4.79 Å². The molecule has 1 aliphatic heterocycles. The lowest BCUT2D eigenvalue weighted by Gasteiger charge is -2.26. The Morgan fingerprint density at radius 3 is 2.55 bits per heavy atom. The van der Waals surface area contributed by atoms with Gasteiger partial charge in [-0.1, -0.05) is 29.8 Å². The number of benzene rings is 1. The molecule has 1 saturated heterocycles. The van der Waals surface area contributed by atoms with Crippen LogP contribution in [0.4, 0.5) is 0 Å². The third-order valence-electron chi connectivity index (χ3n) is 4.57. The fourth-order valence-corrected chi connectivity index (χ4v) is 3.39. The van der Waals surface area contributed by atoms with Crippen molar-refractivity contribution in [2.24, 2.45) is 0 Å². The Kier molecular flexibility index (Phi) is 3.74. The van der Waals surface area contributed by atoms with Gasteiger partial charge >= 0.3 is 0 Å². The van der Waals surface area contributed by atoms with E-state index >= 15 is 0 Å². The summed E-state index contributed by atoms with van der Waals surface area (Å²) in [7, 11) is 0. The van der Waals surface area contributed by atoms with Gasteiger partial charge in [-0.25, -0.2) is 0 Å². The van der Waals surface area contributed by atoms with E-state index in [0.29, 0.717) is 0 Å². The molecule has 1 saturated carbocycles. The number of hydrogen-bond donors (Lipinski definition) is 1. The minimum Gasteiger partial charge on any atom is -0.345 e. The average Bonchev–Trinajstić information content (AvgIpc) is 3.02. The smallest absolute Gasteiger partial charge is 0.237 e. The van der Waals surface area contributed by atoms with E-state index in [0.717, 1.165) is 36.5 Å². The second kappa shape index (κ2) is 5.38. The molecule has 1 aromatic rings. The highest BCUT2D eigenvalue weighted by atomic mass is 35.5. The van der Waals surface area contributed by atoms with Crippen molar-refractivity contribution < 1.29 is 4.79 Å². The van der Waals surface area contributed by atoms with Crippen molar-refractivity contribution in [1.29, 1.82) is 0 Å². The van der Waals surface area contributed by atoms with Crippen LogP contribution in [0.5, 0.6) is 0 Å². The van der Waals surface area contributed by atoms with Crippen molar-refractivity contribution in [3.05, 3.63) is 34.9 Å². The van der Waals surface area contributed by atoms with Gasteiger partial charge in [-0.3, -0.25) is 9.69 Å². The molecular weight excluding hydrogens is 272 g/mol. The summed E-state index contributed by atoms with van der Waals surface area (Å²) in [5.74, 6) is 0.129. The molecule has 1 amide bonds. The topological polar surface area (TPSA) is 32.3 Å². The zero-order valence-corrected chi connectivity index (χ0v) is 12.6. The zero-order chi connectivity index (χ0) is 14.2. The number of carbonyl (C=O) groups is 1. The number of nitrogens with one attached hydrogen (secondary N) is 1. The van der Waals surface area contributed by atoms with Gasteiger partial charge in [0.2, 0.25) is 5.91 Å². The number of rotatable bonds is 4. The lowest BCUT2D eigenvalue weighted by Crippen LogP contribution is -2.47. The van der Waals surface area contributed by atoms with Gasteiger partial charge in [0, 0.05) is 5.02 Å². The normalized spacial score (nSPS) is 22.5. The van der Waals surface area contributed by atoms with Crippen LogP contribution in [0.1, 0.15) is 38.2 Å². The molecule has 0 radical (unpaired) electrons. The monoisotopic (exact) mass is 292 g/mol. The van der Waals surface area contributed by atoms with Gasteiger partial charge in [0.05, 0.1) is 11.6 Å². The Balaban J connectivity index is 1.71. The molecular formula is C16H21ClN2O. The number of nitrogens with zero attached hydrogens (tertiary/aromatic N) is 1. The van der Waals surface area contributed by atoms with Gasteiger partial charge < -0.3 is 5.32 Å². The van der Waals surface area contributed by atoms with Crippen LogP contribution in [0.2, 0.25) is 5.02 Å². The molecule has 0 unspecified atom stereocenters. The first kappa shape index (κ1) is 13.9. The van der Waals surface area contributed by atoms with Gasteiger partial charge in [0.15, 0.2) is 0 Å². The lowest BCUT2D eigenvalue weighted by atomic mass is 10.0. The predicted octanol–water partition coefficient (Wildman–Crippen LogP) is 2.93. The van der Waals surface area contributed by atoms with Gasteiger partial charge in [0.1, 0.15) is 0 Å². The number of likely N-dealkylation sites (tertiary alicyclic amines) is 1. The molecule has 1 heterocycles. The van der Waals surface area contributed by atoms with E-state index in [2.05, 4.69) is 10.2 Å². The second-order valence-corrected chi connectivity index (χ2v) is 6.38. The average molecular weight is 293 g/mol. The SMILES string of the molecule is C[C@@H](C(=O)NC1(c2ccccc2Cl)CC1)N1CCCC1. The highest BCUT2D eigenvalue weighted by Crippen LogP contribution is 2.48. The number of hydrogen-bond acceptors (Lipinski definition) is 2. The Hall–Kier alpha value is -1.06. The van der Waals surface area contributed by atoms with Crippen LogP contribution in [-0.2, 0) is 10.3 Å². The van der Waals surface area contributed by atoms with Gasteiger partial charge in [-0.15, -0.1) is 0 Å². The number of carbonyl (C=O) groups excluding carboxylic acids is 1. The van der Waals surface area contributed by atoms with Crippen molar-refractivity contribution in [3.63, 3.8) is 0 Å². The molecule has 1 aromatic carbocycles. The van der Waals surface area contributed by atoms with Crippen LogP contribution in [0.25, 0.3) is 0 Å². The van der Waals surface area contributed by atoms with E-state index in [1.165, 1.54) is 12.8 Å². The molecule has 2 fully saturated rings. The van der Waals surface area contributed by atoms with E-state index in [4.69, 9.17) is 11.6 Å². The third-order valence-corrected chi connectivity index (χ3v) is 4.90. The minimum absolute atomic E-state index is 0.0440. The highest BCUT2D eigenvalue weighted by molar-refractivity contribution is 6.31. The molecule has 0 spiro atoms. The fourth-order valence-electron chi connectivity index (χ4n) is 3.07. The van der Waals surface area contributed by atoms with Crippen molar-refractivity contribution >= 4 is 17.5 Å². The number of halogens is 1. The van der Waals surface area contributed by atoms with Crippen LogP contribution < -0.4 is 5.32 Å². The van der Waals surface area contributed by atoms with E-state index < -0.39 is 0 Å². The summed E-state index contributed by atoms with van der Waals surface area (Å²) < 4.78 is 0. The molecule has 1 aliphatic carbocycles. The Labute approximate surface area is 125 Å². The fraction of sp³-hybridized carbons (Fsp3) is 0.562. The maximum atomic E-state index is 12.5. The van der Waals surface area contributed by atoms with Crippen LogP contribution in [0.3, 0.4) is 0 Å². The first-order valence-electron chi connectivity index (χ1n) is 7.43. The van der Waals surface area contributed by atoms with Gasteiger partial charge in [-0.2, -0.15) is 0 Å². The van der Waals surface area contributed by atoms with Crippen molar-refractivity contribution in [1.82, 2.24) is 10.2 Å². The van der Waals surface area contributed by atoms with Crippen LogP contribution in [0, 0.1) is 0 Å². The maximum absolute atomic E-state index is 12.5. The van der Waals surface area contributed by atoms with E-state index in [1.54, 1.807) is 0 Å². The summed E-state index contributed by atoms with van der Waals surface area (Å²) in [6.07, 6.45) is 4.37. The Bertz CT molecular complexity index is 507. The zero-order valence-electron chi connectivity index (χ0n) is 11.9. The summed E-state index contributed by atoms with van der Waals surface area (Å²) >= 11 is 6.28. The lowest BCUT2D eigenvalue weighted by molar-refractivity contribution is -0.126.